The van der Waals surface area contributed by atoms with Gasteiger partial charge >= 0.3 is 0 Å². The lowest BCUT2D eigenvalue weighted by Crippen LogP contribution is -2.41. The molecule has 1 unspecified atom stereocenters. The number of halogens is 1. The van der Waals surface area contributed by atoms with Crippen molar-refractivity contribution in [2.24, 2.45) is 0 Å². The number of carbonyl (C=O) groups is 1. The van der Waals surface area contributed by atoms with Crippen LogP contribution in [0.25, 0.3) is 0 Å². The lowest BCUT2D eigenvalue weighted by Gasteiger charge is -2.19. The van der Waals surface area contributed by atoms with Crippen molar-refractivity contribution in [2.45, 2.75) is 25.9 Å². The fourth-order valence-electron chi connectivity index (χ4n) is 1.48. The van der Waals surface area contributed by atoms with Gasteiger partial charge in [0.15, 0.2) is 0 Å². The highest BCUT2D eigenvalue weighted by Crippen LogP contribution is 2.20. The van der Waals surface area contributed by atoms with Crippen molar-refractivity contribution in [2.75, 3.05) is 7.05 Å². The van der Waals surface area contributed by atoms with E-state index in [0.29, 0.717) is 5.15 Å². The van der Waals surface area contributed by atoms with Gasteiger partial charge in [-0.2, -0.15) is 0 Å². The van der Waals surface area contributed by atoms with Crippen molar-refractivity contribution >= 4 is 17.5 Å². The molecule has 1 aromatic rings. The van der Waals surface area contributed by atoms with Gasteiger partial charge in [-0.15, -0.1) is 0 Å². The standard InChI is InChI=1S/C11H16ClN3O/c1-7(15-8(2)11(16)13-3)9-5-4-6-14-10(9)12/h4-8,15H,1-3H3,(H,13,16)/t7?,8-/m1/s1. The van der Waals surface area contributed by atoms with Crippen LogP contribution in [0.5, 0.6) is 0 Å². The fourth-order valence-corrected chi connectivity index (χ4v) is 1.76. The summed E-state index contributed by atoms with van der Waals surface area (Å²) in [5.74, 6) is -0.0492. The van der Waals surface area contributed by atoms with E-state index in [4.69, 9.17) is 11.6 Å². The molecule has 0 saturated heterocycles. The van der Waals surface area contributed by atoms with Crippen LogP contribution in [0.15, 0.2) is 18.3 Å². The molecular weight excluding hydrogens is 226 g/mol. The Bertz CT molecular complexity index is 370. The van der Waals surface area contributed by atoms with E-state index < -0.39 is 0 Å². The highest BCUT2D eigenvalue weighted by molar-refractivity contribution is 6.30. The summed E-state index contributed by atoms with van der Waals surface area (Å²) in [5, 5.41) is 6.20. The van der Waals surface area contributed by atoms with E-state index in [9.17, 15) is 4.79 Å². The van der Waals surface area contributed by atoms with Gasteiger partial charge in [0.1, 0.15) is 5.15 Å². The summed E-state index contributed by atoms with van der Waals surface area (Å²) in [5.41, 5.74) is 0.889. The van der Waals surface area contributed by atoms with Crippen LogP contribution in [-0.4, -0.2) is 24.0 Å². The average Bonchev–Trinajstić information content (AvgIpc) is 2.28. The third-order valence-electron chi connectivity index (χ3n) is 2.39. The van der Waals surface area contributed by atoms with Crippen LogP contribution in [0.3, 0.4) is 0 Å². The number of nitrogens with zero attached hydrogens (tertiary/aromatic N) is 1. The average molecular weight is 242 g/mol. The number of hydrogen-bond acceptors (Lipinski definition) is 3. The van der Waals surface area contributed by atoms with Gasteiger partial charge in [0, 0.05) is 24.8 Å². The van der Waals surface area contributed by atoms with Crippen LogP contribution in [0.2, 0.25) is 5.15 Å². The van der Waals surface area contributed by atoms with Crippen molar-refractivity contribution in [1.82, 2.24) is 15.6 Å². The number of pyridine rings is 1. The molecule has 4 nitrogen and oxygen atoms in total. The van der Waals surface area contributed by atoms with Crippen molar-refractivity contribution in [3.8, 4) is 0 Å². The molecule has 0 aromatic carbocycles. The third kappa shape index (κ3) is 3.18. The Labute approximate surface area is 100 Å². The summed E-state index contributed by atoms with van der Waals surface area (Å²) >= 11 is 5.96. The Hall–Kier alpha value is -1.13. The highest BCUT2D eigenvalue weighted by atomic mass is 35.5. The summed E-state index contributed by atoms with van der Waals surface area (Å²) in [4.78, 5) is 15.3. The van der Waals surface area contributed by atoms with Crippen LogP contribution in [0.1, 0.15) is 25.5 Å². The first kappa shape index (κ1) is 12.9. The number of amides is 1. The maximum Gasteiger partial charge on any atom is 0.236 e. The molecule has 1 heterocycles. The van der Waals surface area contributed by atoms with E-state index >= 15 is 0 Å². The largest absolute Gasteiger partial charge is 0.358 e. The van der Waals surface area contributed by atoms with Gasteiger partial charge in [-0.05, 0) is 19.9 Å². The number of rotatable bonds is 4. The first-order valence-corrected chi connectivity index (χ1v) is 5.52. The molecule has 1 aromatic heterocycles. The van der Waals surface area contributed by atoms with Crippen molar-refractivity contribution in [3.05, 3.63) is 29.0 Å². The second-order valence-electron chi connectivity index (χ2n) is 3.61. The normalized spacial score (nSPS) is 14.2. The molecule has 0 aliphatic heterocycles. The van der Waals surface area contributed by atoms with E-state index in [1.807, 2.05) is 19.1 Å². The second-order valence-corrected chi connectivity index (χ2v) is 3.97. The van der Waals surface area contributed by atoms with Gasteiger partial charge in [0.2, 0.25) is 5.91 Å². The molecule has 0 radical (unpaired) electrons. The molecule has 1 amide bonds. The molecule has 0 aliphatic carbocycles. The van der Waals surface area contributed by atoms with Gasteiger partial charge in [-0.1, -0.05) is 17.7 Å². The van der Waals surface area contributed by atoms with Crippen molar-refractivity contribution in [3.63, 3.8) is 0 Å². The van der Waals surface area contributed by atoms with Crippen LogP contribution >= 0.6 is 11.6 Å². The smallest absolute Gasteiger partial charge is 0.236 e. The van der Waals surface area contributed by atoms with Gasteiger partial charge in [-0.25, -0.2) is 4.98 Å². The van der Waals surface area contributed by atoms with Gasteiger partial charge in [0.05, 0.1) is 6.04 Å². The van der Waals surface area contributed by atoms with Crippen LogP contribution < -0.4 is 10.6 Å². The minimum atomic E-state index is -0.267. The maximum absolute atomic E-state index is 11.3. The first-order valence-electron chi connectivity index (χ1n) is 5.14. The predicted octanol–water partition coefficient (Wildman–Crippen LogP) is 1.52. The van der Waals surface area contributed by atoms with Crippen molar-refractivity contribution in [1.29, 1.82) is 0 Å². The van der Waals surface area contributed by atoms with Gasteiger partial charge in [-0.3, -0.25) is 10.1 Å². The predicted molar refractivity (Wildman–Crippen MR) is 64.3 cm³/mol. The molecule has 5 heteroatoms. The van der Waals surface area contributed by atoms with Gasteiger partial charge < -0.3 is 5.32 Å². The highest BCUT2D eigenvalue weighted by Gasteiger charge is 2.16. The van der Waals surface area contributed by atoms with Gasteiger partial charge in [0.25, 0.3) is 0 Å². The molecule has 2 N–H and O–H groups in total. The lowest BCUT2D eigenvalue weighted by atomic mass is 10.1. The summed E-state index contributed by atoms with van der Waals surface area (Å²) in [6.45, 7) is 3.75. The van der Waals surface area contributed by atoms with E-state index in [1.54, 1.807) is 20.2 Å². The summed E-state index contributed by atoms with van der Waals surface area (Å²) < 4.78 is 0. The Morgan fingerprint density at radius 1 is 1.50 bits per heavy atom. The Balaban J connectivity index is 2.69. The summed E-state index contributed by atoms with van der Waals surface area (Å²) in [6.07, 6.45) is 1.64. The quantitative estimate of drug-likeness (QED) is 0.786. The van der Waals surface area contributed by atoms with Crippen LogP contribution in [0, 0.1) is 0 Å². The molecule has 88 valence electrons. The molecule has 0 spiro atoms. The Morgan fingerprint density at radius 2 is 2.19 bits per heavy atom. The molecule has 16 heavy (non-hydrogen) atoms. The summed E-state index contributed by atoms with van der Waals surface area (Å²) in [7, 11) is 1.61. The molecule has 0 aliphatic rings. The molecule has 1 rings (SSSR count). The van der Waals surface area contributed by atoms with E-state index in [1.165, 1.54) is 0 Å². The monoisotopic (exact) mass is 241 g/mol. The number of nitrogens with one attached hydrogen (secondary N) is 2. The Morgan fingerprint density at radius 3 is 2.75 bits per heavy atom. The Kier molecular flexibility index (Phi) is 4.71. The molecule has 2 atom stereocenters. The fraction of sp³-hybridized carbons (Fsp3) is 0.455. The second kappa shape index (κ2) is 5.82. The van der Waals surface area contributed by atoms with E-state index in [2.05, 4.69) is 15.6 Å². The number of aromatic nitrogens is 1. The molecular formula is C11H16ClN3O. The zero-order valence-electron chi connectivity index (χ0n) is 9.62. The molecule has 0 bridgehead atoms. The molecule has 0 saturated carbocycles. The topological polar surface area (TPSA) is 54.0 Å². The lowest BCUT2D eigenvalue weighted by molar-refractivity contribution is -0.122. The maximum atomic E-state index is 11.3. The number of likely N-dealkylation sites (N-methyl/N-ethyl adjacent to an activating group) is 1. The number of hydrogen-bond donors (Lipinski definition) is 2. The first-order chi connectivity index (χ1) is 7.56. The van der Waals surface area contributed by atoms with Crippen LogP contribution in [0.4, 0.5) is 0 Å². The summed E-state index contributed by atoms with van der Waals surface area (Å²) in [6, 6.07) is 3.43. The SMILES string of the molecule is CNC(=O)[C@@H](C)NC(C)c1cccnc1Cl. The minimum absolute atomic E-state index is 0.0199. The van der Waals surface area contributed by atoms with Crippen LogP contribution in [-0.2, 0) is 4.79 Å². The third-order valence-corrected chi connectivity index (χ3v) is 2.71. The zero-order chi connectivity index (χ0) is 12.1. The van der Waals surface area contributed by atoms with E-state index in [-0.39, 0.29) is 18.0 Å². The molecule has 0 fully saturated rings. The number of carbonyl (C=O) groups excluding carboxylic acids is 1. The minimum Gasteiger partial charge on any atom is -0.358 e. The van der Waals surface area contributed by atoms with Crippen molar-refractivity contribution < 1.29 is 4.79 Å². The van der Waals surface area contributed by atoms with E-state index in [0.717, 1.165) is 5.56 Å². The zero-order valence-corrected chi connectivity index (χ0v) is 10.4.